The number of likely N-dealkylation sites (tertiary alicyclic amines) is 1. The molecule has 0 bridgehead atoms. The molecule has 6 heteroatoms. The fourth-order valence-electron chi connectivity index (χ4n) is 2.94. The Morgan fingerprint density at radius 2 is 1.77 bits per heavy atom. The van der Waals surface area contributed by atoms with Crippen molar-refractivity contribution in [3.05, 3.63) is 33.7 Å². The van der Waals surface area contributed by atoms with Gasteiger partial charge in [0.15, 0.2) is 0 Å². The highest BCUT2D eigenvalue weighted by Crippen LogP contribution is 2.40. The summed E-state index contributed by atoms with van der Waals surface area (Å²) >= 11 is 1.57. The summed E-state index contributed by atoms with van der Waals surface area (Å²) in [5, 5.41) is 8.38. The van der Waals surface area contributed by atoms with E-state index in [4.69, 9.17) is 4.42 Å². The third-order valence-electron chi connectivity index (χ3n) is 4.47. The van der Waals surface area contributed by atoms with E-state index in [9.17, 15) is 4.79 Å². The van der Waals surface area contributed by atoms with E-state index in [2.05, 4.69) is 10.2 Å². The molecule has 3 heterocycles. The van der Waals surface area contributed by atoms with Crippen LogP contribution < -0.4 is 0 Å². The second-order valence-electron chi connectivity index (χ2n) is 6.23. The Morgan fingerprint density at radius 1 is 1.14 bits per heavy atom. The minimum Gasteiger partial charge on any atom is -0.425 e. The summed E-state index contributed by atoms with van der Waals surface area (Å²) in [5.41, 5.74) is 0. The first-order chi connectivity index (χ1) is 10.7. The molecule has 1 saturated heterocycles. The van der Waals surface area contributed by atoms with Crippen molar-refractivity contribution in [3.63, 3.8) is 0 Å². The summed E-state index contributed by atoms with van der Waals surface area (Å²) in [4.78, 5) is 16.4. The Kier molecular flexibility index (Phi) is 3.48. The van der Waals surface area contributed by atoms with Gasteiger partial charge in [-0.05, 0) is 44.7 Å². The van der Waals surface area contributed by atoms with Gasteiger partial charge in [-0.1, -0.05) is 0 Å². The number of piperidine rings is 1. The average Bonchev–Trinajstić information content (AvgIpc) is 3.11. The Bertz CT molecular complexity index is 681. The van der Waals surface area contributed by atoms with Crippen LogP contribution in [0.1, 0.15) is 63.8 Å². The Hall–Kier alpha value is -1.69. The van der Waals surface area contributed by atoms with E-state index >= 15 is 0 Å². The summed E-state index contributed by atoms with van der Waals surface area (Å²) < 4.78 is 5.81. The summed E-state index contributed by atoms with van der Waals surface area (Å²) in [7, 11) is 0. The molecule has 0 aromatic carbocycles. The van der Waals surface area contributed by atoms with Gasteiger partial charge < -0.3 is 9.32 Å². The maximum absolute atomic E-state index is 12.4. The lowest BCUT2D eigenvalue weighted by atomic mass is 9.97. The Balaban J connectivity index is 1.38. The molecule has 22 heavy (non-hydrogen) atoms. The zero-order chi connectivity index (χ0) is 15.1. The van der Waals surface area contributed by atoms with Gasteiger partial charge in [-0.15, -0.1) is 21.5 Å². The van der Waals surface area contributed by atoms with E-state index in [1.54, 1.807) is 11.3 Å². The highest BCUT2D eigenvalue weighted by Gasteiger charge is 2.32. The number of hydrogen-bond donors (Lipinski definition) is 0. The van der Waals surface area contributed by atoms with Crippen LogP contribution in [0.3, 0.4) is 0 Å². The van der Waals surface area contributed by atoms with Gasteiger partial charge in [0.1, 0.15) is 0 Å². The number of thiophene rings is 1. The van der Waals surface area contributed by atoms with Crippen molar-refractivity contribution in [3.8, 4) is 0 Å². The van der Waals surface area contributed by atoms with Gasteiger partial charge in [-0.2, -0.15) is 0 Å². The molecule has 1 aliphatic heterocycles. The van der Waals surface area contributed by atoms with Gasteiger partial charge in [-0.3, -0.25) is 4.79 Å². The van der Waals surface area contributed by atoms with Crippen molar-refractivity contribution < 1.29 is 9.21 Å². The lowest BCUT2D eigenvalue weighted by molar-refractivity contribution is 0.0711. The fraction of sp³-hybridized carbons (Fsp3) is 0.562. The second-order valence-corrected chi connectivity index (χ2v) is 7.52. The molecule has 2 aliphatic rings. The third kappa shape index (κ3) is 2.67. The van der Waals surface area contributed by atoms with Crippen LogP contribution in [0.2, 0.25) is 0 Å². The minimum atomic E-state index is 0.153. The molecule has 0 radical (unpaired) electrons. The average molecular weight is 317 g/mol. The van der Waals surface area contributed by atoms with E-state index in [-0.39, 0.29) is 5.91 Å². The molecule has 1 aliphatic carbocycles. The standard InChI is InChI=1S/C16H19N3O2S/c1-10-2-5-13(22-10)16(20)19-8-6-12(7-9-19)15-18-17-14(21-15)11-3-4-11/h2,5,11-12H,3-4,6-9H2,1H3. The zero-order valence-electron chi connectivity index (χ0n) is 12.6. The minimum absolute atomic E-state index is 0.153. The number of rotatable bonds is 3. The van der Waals surface area contributed by atoms with E-state index in [0.717, 1.165) is 42.6 Å². The predicted molar refractivity (Wildman–Crippen MR) is 83.2 cm³/mol. The molecular formula is C16H19N3O2S. The first-order valence-electron chi connectivity index (χ1n) is 7.89. The maximum Gasteiger partial charge on any atom is 0.263 e. The largest absolute Gasteiger partial charge is 0.425 e. The van der Waals surface area contributed by atoms with Crippen LogP contribution in [0.4, 0.5) is 0 Å². The monoisotopic (exact) mass is 317 g/mol. The lowest BCUT2D eigenvalue weighted by Crippen LogP contribution is -2.37. The van der Waals surface area contributed by atoms with Gasteiger partial charge in [0.25, 0.3) is 5.91 Å². The van der Waals surface area contributed by atoms with Gasteiger partial charge in [-0.25, -0.2) is 0 Å². The summed E-state index contributed by atoms with van der Waals surface area (Å²) in [6.07, 6.45) is 4.16. The molecule has 4 rings (SSSR count). The molecule has 1 amide bonds. The van der Waals surface area contributed by atoms with Crippen LogP contribution in [0.15, 0.2) is 16.5 Å². The Labute approximate surface area is 133 Å². The number of aromatic nitrogens is 2. The summed E-state index contributed by atoms with van der Waals surface area (Å²) in [5.74, 6) is 2.53. The molecule has 1 saturated carbocycles. The number of nitrogens with zero attached hydrogens (tertiary/aromatic N) is 3. The SMILES string of the molecule is Cc1ccc(C(=O)N2CCC(c3nnc(C4CC4)o3)CC2)s1. The number of amides is 1. The van der Waals surface area contributed by atoms with Gasteiger partial charge in [0.2, 0.25) is 11.8 Å². The fourth-order valence-corrected chi connectivity index (χ4v) is 3.78. The molecule has 5 nitrogen and oxygen atoms in total. The predicted octanol–water partition coefficient (Wildman–Crippen LogP) is 3.34. The summed E-state index contributed by atoms with van der Waals surface area (Å²) in [6, 6.07) is 3.93. The first kappa shape index (κ1) is 13.9. The van der Waals surface area contributed by atoms with Gasteiger partial charge in [0.05, 0.1) is 4.88 Å². The lowest BCUT2D eigenvalue weighted by Gasteiger charge is -2.30. The molecule has 0 spiro atoms. The van der Waals surface area contributed by atoms with Crippen LogP contribution >= 0.6 is 11.3 Å². The van der Waals surface area contributed by atoms with Crippen LogP contribution in [0.5, 0.6) is 0 Å². The number of hydrogen-bond acceptors (Lipinski definition) is 5. The van der Waals surface area contributed by atoms with Crippen LogP contribution in [0, 0.1) is 6.92 Å². The molecule has 2 aromatic heterocycles. The van der Waals surface area contributed by atoms with Crippen molar-refractivity contribution in [2.45, 2.75) is 44.4 Å². The number of carbonyl (C=O) groups excluding carboxylic acids is 1. The molecule has 2 aromatic rings. The molecule has 0 unspecified atom stereocenters. The van der Waals surface area contributed by atoms with Crippen LogP contribution in [0.25, 0.3) is 0 Å². The smallest absolute Gasteiger partial charge is 0.263 e. The molecular weight excluding hydrogens is 298 g/mol. The van der Waals surface area contributed by atoms with Gasteiger partial charge in [0, 0.05) is 29.8 Å². The zero-order valence-corrected chi connectivity index (χ0v) is 13.4. The van der Waals surface area contributed by atoms with Gasteiger partial charge >= 0.3 is 0 Å². The number of carbonyl (C=O) groups is 1. The van der Waals surface area contributed by atoms with Crippen molar-refractivity contribution in [2.75, 3.05) is 13.1 Å². The third-order valence-corrected chi connectivity index (χ3v) is 5.45. The Morgan fingerprint density at radius 3 is 2.32 bits per heavy atom. The topological polar surface area (TPSA) is 59.2 Å². The molecule has 0 atom stereocenters. The van der Waals surface area contributed by atoms with E-state index < -0.39 is 0 Å². The molecule has 2 fully saturated rings. The quantitative estimate of drug-likeness (QED) is 0.871. The van der Waals surface area contributed by atoms with Crippen molar-refractivity contribution in [1.29, 1.82) is 0 Å². The normalized spacial score (nSPS) is 19.6. The number of aryl methyl sites for hydroxylation is 1. The summed E-state index contributed by atoms with van der Waals surface area (Å²) in [6.45, 7) is 3.56. The van der Waals surface area contributed by atoms with Crippen molar-refractivity contribution in [2.24, 2.45) is 0 Å². The van der Waals surface area contributed by atoms with Crippen molar-refractivity contribution >= 4 is 17.2 Å². The van der Waals surface area contributed by atoms with E-state index in [1.165, 1.54) is 17.7 Å². The second kappa shape index (κ2) is 5.50. The molecule has 0 N–H and O–H groups in total. The van der Waals surface area contributed by atoms with Crippen molar-refractivity contribution in [1.82, 2.24) is 15.1 Å². The van der Waals surface area contributed by atoms with Crippen LogP contribution in [-0.4, -0.2) is 34.1 Å². The van der Waals surface area contributed by atoms with E-state index in [1.807, 2.05) is 24.0 Å². The highest BCUT2D eigenvalue weighted by atomic mass is 32.1. The first-order valence-corrected chi connectivity index (χ1v) is 8.71. The maximum atomic E-state index is 12.4. The van der Waals surface area contributed by atoms with Crippen LogP contribution in [-0.2, 0) is 0 Å². The van der Waals surface area contributed by atoms with E-state index in [0.29, 0.717) is 11.8 Å². The highest BCUT2D eigenvalue weighted by molar-refractivity contribution is 7.13. The molecule has 116 valence electrons.